The Morgan fingerprint density at radius 2 is 1.31 bits per heavy atom. The molecule has 11 heteroatoms. The van der Waals surface area contributed by atoms with E-state index in [9.17, 15) is 24.5 Å². The molecule has 6 N–H and O–H groups in total. The molecule has 0 fully saturated rings. The van der Waals surface area contributed by atoms with E-state index in [0.29, 0.717) is 6.42 Å². The van der Waals surface area contributed by atoms with Gasteiger partial charge in [0, 0.05) is 0 Å². The van der Waals surface area contributed by atoms with Gasteiger partial charge >= 0.3 is 13.8 Å². The van der Waals surface area contributed by atoms with Crippen LogP contribution in [-0.2, 0) is 23.1 Å². The second kappa shape index (κ2) is 19.9. The second-order valence-electron chi connectivity index (χ2n) is 8.12. The van der Waals surface area contributed by atoms with Crippen LogP contribution in [0.2, 0.25) is 0 Å². The van der Waals surface area contributed by atoms with Gasteiger partial charge in [0.1, 0.15) is 12.1 Å². The first kappa shape index (κ1) is 31.4. The Hall–Kier alpha value is -0.580. The number of carboxylic acid groups (broad SMARTS) is 1. The number of hydrogen-bond acceptors (Lipinski definition) is 8. The van der Waals surface area contributed by atoms with Crippen molar-refractivity contribution in [3.63, 3.8) is 0 Å². The maximum atomic E-state index is 11.6. The van der Waals surface area contributed by atoms with Crippen molar-refractivity contribution in [3.05, 3.63) is 0 Å². The zero-order valence-electron chi connectivity index (χ0n) is 19.4. The summed E-state index contributed by atoms with van der Waals surface area (Å²) in [7, 11) is -4.55. The molecule has 0 saturated heterocycles. The molecule has 0 amide bonds. The van der Waals surface area contributed by atoms with E-state index in [0.717, 1.165) is 19.3 Å². The fourth-order valence-electron chi connectivity index (χ4n) is 2.98. The lowest BCUT2D eigenvalue weighted by atomic mass is 10.0. The van der Waals surface area contributed by atoms with Crippen LogP contribution in [0.5, 0.6) is 0 Å². The number of hydrogen-bond donors (Lipinski definition) is 5. The summed E-state index contributed by atoms with van der Waals surface area (Å²) in [4.78, 5) is 19.9. The SMILES string of the molecule is CCCCCCCCCCCCCC[C@@H](O)OC[C@@H](O)COP(=O)(O)OC[C@H](N)C(=O)O. The van der Waals surface area contributed by atoms with Gasteiger partial charge in [-0.1, -0.05) is 77.6 Å². The fourth-order valence-corrected chi connectivity index (χ4v) is 3.76. The third kappa shape index (κ3) is 20.1. The molecular weight excluding hydrogens is 441 g/mol. The smallest absolute Gasteiger partial charge is 0.472 e. The quantitative estimate of drug-likeness (QED) is 0.0822. The Balaban J connectivity index is 3.62. The first-order chi connectivity index (χ1) is 15.2. The van der Waals surface area contributed by atoms with Crippen molar-refractivity contribution >= 4 is 13.8 Å². The van der Waals surface area contributed by atoms with Gasteiger partial charge in [-0.2, -0.15) is 0 Å². The number of carboxylic acids is 1. The van der Waals surface area contributed by atoms with E-state index < -0.39 is 45.4 Å². The fraction of sp³-hybridized carbons (Fsp3) is 0.952. The highest BCUT2D eigenvalue weighted by Gasteiger charge is 2.26. The number of nitrogens with two attached hydrogens (primary N) is 1. The van der Waals surface area contributed by atoms with E-state index in [1.807, 2.05) is 0 Å². The van der Waals surface area contributed by atoms with Gasteiger partial charge in [0.2, 0.25) is 0 Å². The average molecular weight is 486 g/mol. The number of carbonyl (C=O) groups is 1. The lowest BCUT2D eigenvalue weighted by Crippen LogP contribution is -2.34. The van der Waals surface area contributed by atoms with Crippen LogP contribution >= 0.6 is 7.82 Å². The summed E-state index contributed by atoms with van der Waals surface area (Å²) < 4.78 is 25.7. The van der Waals surface area contributed by atoms with Gasteiger partial charge in [0.15, 0.2) is 6.29 Å². The molecule has 0 aliphatic carbocycles. The molecule has 32 heavy (non-hydrogen) atoms. The molecule has 0 aromatic heterocycles. The van der Waals surface area contributed by atoms with Gasteiger partial charge in [-0.05, 0) is 12.8 Å². The van der Waals surface area contributed by atoms with Crippen LogP contribution in [0.1, 0.15) is 90.4 Å². The number of aliphatic carboxylic acids is 1. The van der Waals surface area contributed by atoms with E-state index in [4.69, 9.17) is 15.6 Å². The minimum Gasteiger partial charge on any atom is -0.480 e. The number of phosphoric ester groups is 1. The molecule has 0 saturated carbocycles. The Kier molecular flexibility index (Phi) is 19.5. The third-order valence-electron chi connectivity index (χ3n) is 4.95. The van der Waals surface area contributed by atoms with E-state index in [-0.39, 0.29) is 6.61 Å². The van der Waals surface area contributed by atoms with Gasteiger partial charge in [0.05, 0.1) is 19.8 Å². The molecule has 4 atom stereocenters. The summed E-state index contributed by atoms with van der Waals surface area (Å²) in [6.07, 6.45) is 12.8. The van der Waals surface area contributed by atoms with E-state index in [2.05, 4.69) is 16.0 Å². The summed E-state index contributed by atoms with van der Waals surface area (Å²) in [6, 6.07) is -1.47. The topological polar surface area (TPSA) is 169 Å². The number of aliphatic hydroxyl groups excluding tert-OH is 2. The van der Waals surface area contributed by atoms with Crippen LogP contribution in [0, 0.1) is 0 Å². The van der Waals surface area contributed by atoms with Gasteiger partial charge < -0.3 is 30.7 Å². The molecule has 0 radical (unpaired) electrons. The van der Waals surface area contributed by atoms with Crippen molar-refractivity contribution in [2.45, 2.75) is 109 Å². The molecule has 1 unspecified atom stereocenters. The Morgan fingerprint density at radius 3 is 1.81 bits per heavy atom. The molecule has 0 heterocycles. The highest BCUT2D eigenvalue weighted by atomic mass is 31.2. The summed E-state index contributed by atoms with van der Waals surface area (Å²) in [6.45, 7) is 0.647. The van der Waals surface area contributed by atoms with E-state index >= 15 is 0 Å². The molecule has 0 bridgehead atoms. The van der Waals surface area contributed by atoms with Gasteiger partial charge in [-0.25, -0.2) is 4.57 Å². The van der Waals surface area contributed by atoms with Crippen molar-refractivity contribution in [3.8, 4) is 0 Å². The summed E-state index contributed by atoms with van der Waals surface area (Å²) in [5.41, 5.74) is 5.16. The maximum Gasteiger partial charge on any atom is 0.472 e. The van der Waals surface area contributed by atoms with Crippen LogP contribution in [-0.4, -0.2) is 64.4 Å². The second-order valence-corrected chi connectivity index (χ2v) is 9.58. The standard InChI is InChI=1S/C21H44NO9P/c1-2-3-4-5-6-7-8-9-10-11-12-13-14-20(24)29-15-18(23)16-30-32(27,28)31-17-19(22)21(25)26/h18-20,23-24H,2-17,22H2,1H3,(H,25,26)(H,27,28)/t18-,19+,20+/m1/s1. The first-order valence-electron chi connectivity index (χ1n) is 11.8. The molecular formula is C21H44NO9P. The molecule has 10 nitrogen and oxygen atoms in total. The lowest BCUT2D eigenvalue weighted by molar-refractivity contribution is -0.139. The minimum absolute atomic E-state index is 0.284. The number of ether oxygens (including phenoxy) is 1. The summed E-state index contributed by atoms with van der Waals surface area (Å²) >= 11 is 0. The zero-order valence-corrected chi connectivity index (χ0v) is 20.3. The van der Waals surface area contributed by atoms with Crippen LogP contribution < -0.4 is 5.73 Å². The van der Waals surface area contributed by atoms with Crippen molar-refractivity contribution in [2.75, 3.05) is 19.8 Å². The third-order valence-corrected chi connectivity index (χ3v) is 5.90. The normalized spacial score (nSPS) is 16.4. The number of phosphoric acid groups is 1. The lowest BCUT2D eigenvalue weighted by Gasteiger charge is -2.18. The molecule has 0 aliphatic rings. The van der Waals surface area contributed by atoms with Gasteiger partial charge in [-0.3, -0.25) is 13.8 Å². The van der Waals surface area contributed by atoms with Crippen LogP contribution in [0.25, 0.3) is 0 Å². The summed E-state index contributed by atoms with van der Waals surface area (Å²) in [5.74, 6) is -1.39. The van der Waals surface area contributed by atoms with Crippen molar-refractivity contribution in [2.24, 2.45) is 5.73 Å². The van der Waals surface area contributed by atoms with Crippen molar-refractivity contribution in [1.29, 1.82) is 0 Å². The number of rotatable bonds is 23. The summed E-state index contributed by atoms with van der Waals surface area (Å²) in [5, 5.41) is 28.1. The predicted octanol–water partition coefficient (Wildman–Crippen LogP) is 3.32. The molecule has 192 valence electrons. The number of aliphatic hydroxyl groups is 2. The Morgan fingerprint density at radius 1 is 0.844 bits per heavy atom. The van der Waals surface area contributed by atoms with E-state index in [1.54, 1.807) is 0 Å². The largest absolute Gasteiger partial charge is 0.480 e. The van der Waals surface area contributed by atoms with Crippen molar-refractivity contribution in [1.82, 2.24) is 0 Å². The Labute approximate surface area is 192 Å². The molecule has 0 aliphatic heterocycles. The highest BCUT2D eigenvalue weighted by Crippen LogP contribution is 2.43. The average Bonchev–Trinajstić information content (AvgIpc) is 2.75. The number of unbranched alkanes of at least 4 members (excludes halogenated alkanes) is 11. The monoisotopic (exact) mass is 485 g/mol. The van der Waals surface area contributed by atoms with Crippen LogP contribution in [0.15, 0.2) is 0 Å². The van der Waals surface area contributed by atoms with Crippen molar-refractivity contribution < 1.29 is 43.4 Å². The minimum atomic E-state index is -4.55. The molecule has 0 aromatic rings. The maximum absolute atomic E-state index is 11.6. The molecule has 0 spiro atoms. The molecule has 0 aromatic carbocycles. The van der Waals surface area contributed by atoms with Crippen LogP contribution in [0.4, 0.5) is 0 Å². The van der Waals surface area contributed by atoms with Crippen LogP contribution in [0.3, 0.4) is 0 Å². The predicted molar refractivity (Wildman–Crippen MR) is 121 cm³/mol. The first-order valence-corrected chi connectivity index (χ1v) is 13.3. The zero-order chi connectivity index (χ0) is 24.2. The van der Waals surface area contributed by atoms with E-state index in [1.165, 1.54) is 57.8 Å². The van der Waals surface area contributed by atoms with Gasteiger partial charge in [-0.15, -0.1) is 0 Å². The van der Waals surface area contributed by atoms with Gasteiger partial charge in [0.25, 0.3) is 0 Å². The molecule has 0 rings (SSSR count). The highest BCUT2D eigenvalue weighted by molar-refractivity contribution is 7.47. The Bertz CT molecular complexity index is 510.